The van der Waals surface area contributed by atoms with Crippen LogP contribution >= 0.6 is 0 Å². The number of carbonyl (C=O) groups is 1. The normalized spacial score (nSPS) is 19.2. The van der Waals surface area contributed by atoms with Crippen molar-refractivity contribution in [1.29, 1.82) is 0 Å². The molecule has 3 rings (SSSR count). The summed E-state index contributed by atoms with van der Waals surface area (Å²) in [4.78, 5) is 16.4. The Kier molecular flexibility index (Phi) is 7.21. The maximum atomic E-state index is 13.1. The maximum Gasteiger partial charge on any atom is 0.407 e. The van der Waals surface area contributed by atoms with Crippen LogP contribution in [0.4, 0.5) is 4.79 Å². The minimum atomic E-state index is -3.44. The van der Waals surface area contributed by atoms with Gasteiger partial charge >= 0.3 is 6.09 Å². The van der Waals surface area contributed by atoms with E-state index in [1.165, 1.54) is 0 Å². The molecule has 1 heterocycles. The van der Waals surface area contributed by atoms with Crippen molar-refractivity contribution < 1.29 is 27.5 Å². The molecule has 1 saturated carbocycles. The molecule has 0 unspecified atom stereocenters. The Balaban J connectivity index is 1.61. The van der Waals surface area contributed by atoms with Crippen molar-refractivity contribution in [2.75, 3.05) is 0 Å². The van der Waals surface area contributed by atoms with Gasteiger partial charge in [-0.15, -0.1) is 0 Å². The number of aromatic nitrogens is 1. The first-order valence-corrected chi connectivity index (χ1v) is 12.7. The SMILES string of the molecule is C=C(O)c1ccc(-c2nc(CS(=O)(=O)C3CCC(NC(=O)OC(C)(C)C)CC3)c(C)o2)cc1. The summed E-state index contributed by atoms with van der Waals surface area (Å²) >= 11 is 0. The number of aryl methyl sites for hydroxylation is 1. The van der Waals surface area contributed by atoms with Gasteiger partial charge in [0.1, 0.15) is 17.1 Å². The first-order valence-electron chi connectivity index (χ1n) is 11.0. The van der Waals surface area contributed by atoms with Crippen molar-refractivity contribution in [2.24, 2.45) is 0 Å². The van der Waals surface area contributed by atoms with Gasteiger partial charge in [-0.25, -0.2) is 18.2 Å². The lowest BCUT2D eigenvalue weighted by Crippen LogP contribution is -2.42. The van der Waals surface area contributed by atoms with Gasteiger partial charge in [-0.05, 0) is 65.5 Å². The molecule has 1 aliphatic carbocycles. The van der Waals surface area contributed by atoms with Crippen molar-refractivity contribution in [3.63, 3.8) is 0 Å². The molecule has 2 N–H and O–H groups in total. The molecule has 0 aliphatic heterocycles. The molecule has 0 atom stereocenters. The van der Waals surface area contributed by atoms with E-state index in [2.05, 4.69) is 16.9 Å². The third kappa shape index (κ3) is 6.60. The molecular weight excluding hydrogens is 444 g/mol. The number of carbonyl (C=O) groups excluding carboxylic acids is 1. The number of alkyl carbamates (subject to hydrolysis) is 1. The minimum Gasteiger partial charge on any atom is -0.508 e. The number of nitrogens with one attached hydrogen (secondary N) is 1. The third-order valence-electron chi connectivity index (χ3n) is 5.60. The second-order valence-corrected chi connectivity index (χ2v) is 11.8. The Hall–Kier alpha value is -2.81. The van der Waals surface area contributed by atoms with Crippen LogP contribution in [0.25, 0.3) is 17.2 Å². The van der Waals surface area contributed by atoms with Gasteiger partial charge in [0.2, 0.25) is 5.89 Å². The van der Waals surface area contributed by atoms with Crippen LogP contribution in [0.2, 0.25) is 0 Å². The number of hydrogen-bond donors (Lipinski definition) is 2. The summed E-state index contributed by atoms with van der Waals surface area (Å²) in [6.07, 6.45) is 1.62. The fourth-order valence-corrected chi connectivity index (χ4v) is 5.71. The average molecular weight is 477 g/mol. The highest BCUT2D eigenvalue weighted by Gasteiger charge is 2.33. The summed E-state index contributed by atoms with van der Waals surface area (Å²) in [5, 5.41) is 11.8. The van der Waals surface area contributed by atoms with Crippen molar-refractivity contribution in [2.45, 2.75) is 76.0 Å². The van der Waals surface area contributed by atoms with Gasteiger partial charge in [0.15, 0.2) is 9.84 Å². The van der Waals surface area contributed by atoms with Crippen molar-refractivity contribution in [1.82, 2.24) is 10.3 Å². The molecular formula is C24H32N2O6S. The number of oxazole rings is 1. The molecule has 0 radical (unpaired) electrons. The van der Waals surface area contributed by atoms with Gasteiger partial charge in [-0.1, -0.05) is 18.7 Å². The quantitative estimate of drug-likeness (QED) is 0.567. The van der Waals surface area contributed by atoms with E-state index < -0.39 is 26.8 Å². The molecule has 33 heavy (non-hydrogen) atoms. The van der Waals surface area contributed by atoms with Crippen LogP contribution in [-0.2, 0) is 20.3 Å². The van der Waals surface area contributed by atoms with E-state index in [9.17, 15) is 18.3 Å². The van der Waals surface area contributed by atoms with Gasteiger partial charge < -0.3 is 19.6 Å². The van der Waals surface area contributed by atoms with Crippen molar-refractivity contribution in [3.8, 4) is 11.5 Å². The van der Waals surface area contributed by atoms with Crippen LogP contribution in [0.1, 0.15) is 63.5 Å². The molecule has 0 bridgehead atoms. The lowest BCUT2D eigenvalue weighted by Gasteiger charge is -2.29. The topological polar surface area (TPSA) is 119 Å². The summed E-state index contributed by atoms with van der Waals surface area (Å²) < 4.78 is 37.1. The van der Waals surface area contributed by atoms with Crippen LogP contribution in [0.3, 0.4) is 0 Å². The zero-order chi connectivity index (χ0) is 24.4. The number of amides is 1. The molecule has 8 nitrogen and oxygen atoms in total. The second-order valence-electron chi connectivity index (χ2n) is 9.47. The number of benzene rings is 1. The highest BCUT2D eigenvalue weighted by molar-refractivity contribution is 7.91. The number of hydrogen-bond acceptors (Lipinski definition) is 7. The van der Waals surface area contributed by atoms with Gasteiger partial charge in [0.05, 0.1) is 16.7 Å². The Morgan fingerprint density at radius 3 is 2.36 bits per heavy atom. The maximum absolute atomic E-state index is 13.1. The van der Waals surface area contributed by atoms with Gasteiger partial charge in [0, 0.05) is 17.2 Å². The number of ether oxygens (including phenoxy) is 1. The molecule has 9 heteroatoms. The van der Waals surface area contributed by atoms with Crippen LogP contribution in [-0.4, -0.2) is 41.5 Å². The Morgan fingerprint density at radius 1 is 1.21 bits per heavy atom. The number of sulfone groups is 1. The molecule has 0 saturated heterocycles. The summed E-state index contributed by atoms with van der Waals surface area (Å²) in [7, 11) is -3.44. The van der Waals surface area contributed by atoms with Crippen molar-refractivity contribution in [3.05, 3.63) is 47.9 Å². The Labute approximate surface area is 195 Å². The van der Waals surface area contributed by atoms with Crippen molar-refractivity contribution >= 4 is 21.7 Å². The van der Waals surface area contributed by atoms with Gasteiger partial charge in [0.25, 0.3) is 0 Å². The van der Waals surface area contributed by atoms with Crippen LogP contribution in [0.15, 0.2) is 35.3 Å². The number of rotatable bonds is 6. The minimum absolute atomic E-state index is 0.0343. The van der Waals surface area contributed by atoms with Crippen LogP contribution in [0.5, 0.6) is 0 Å². The first-order chi connectivity index (χ1) is 15.3. The smallest absolute Gasteiger partial charge is 0.407 e. The lowest BCUT2D eigenvalue weighted by atomic mass is 9.95. The summed E-state index contributed by atoms with van der Waals surface area (Å²) in [6, 6.07) is 6.76. The van der Waals surface area contributed by atoms with E-state index in [4.69, 9.17) is 9.15 Å². The average Bonchev–Trinajstić information content (AvgIpc) is 3.06. The van der Waals surface area contributed by atoms with E-state index in [-0.39, 0.29) is 17.6 Å². The number of nitrogens with zero attached hydrogens (tertiary/aromatic N) is 1. The van der Waals surface area contributed by atoms with E-state index in [0.29, 0.717) is 54.2 Å². The Morgan fingerprint density at radius 2 is 1.82 bits per heavy atom. The summed E-state index contributed by atoms with van der Waals surface area (Å²) in [6.45, 7) is 10.6. The predicted molar refractivity (Wildman–Crippen MR) is 126 cm³/mol. The standard InChI is InChI=1S/C24H32N2O6S/c1-15(27)17-6-8-18(9-7-17)22-26-21(16(2)31-22)14-33(29,30)20-12-10-19(11-13-20)25-23(28)32-24(3,4)5/h6-9,19-20,27H,1,10-14H2,2-5H3,(H,25,28). The molecule has 1 aliphatic rings. The second kappa shape index (κ2) is 9.59. The summed E-state index contributed by atoms with van der Waals surface area (Å²) in [5.41, 5.74) is 1.09. The molecule has 180 valence electrons. The zero-order valence-corrected chi connectivity index (χ0v) is 20.4. The van der Waals surface area contributed by atoms with Gasteiger partial charge in [-0.2, -0.15) is 0 Å². The number of aliphatic hydroxyl groups is 1. The fraction of sp³-hybridized carbons (Fsp3) is 0.500. The van der Waals surface area contributed by atoms with E-state index in [0.717, 1.165) is 0 Å². The number of aliphatic hydroxyl groups excluding tert-OH is 1. The van der Waals surface area contributed by atoms with E-state index >= 15 is 0 Å². The van der Waals surface area contributed by atoms with E-state index in [1.807, 2.05) is 0 Å². The summed E-state index contributed by atoms with van der Waals surface area (Å²) in [5.74, 6) is 0.568. The molecule has 1 aromatic carbocycles. The lowest BCUT2D eigenvalue weighted by molar-refractivity contribution is 0.0493. The molecule has 1 fully saturated rings. The Bertz CT molecular complexity index is 1100. The van der Waals surface area contributed by atoms with Gasteiger partial charge in [-0.3, -0.25) is 0 Å². The monoisotopic (exact) mass is 476 g/mol. The first kappa shape index (κ1) is 24.8. The molecule has 1 amide bonds. The highest BCUT2D eigenvalue weighted by Crippen LogP contribution is 2.29. The largest absolute Gasteiger partial charge is 0.508 e. The highest BCUT2D eigenvalue weighted by atomic mass is 32.2. The predicted octanol–water partition coefficient (Wildman–Crippen LogP) is 4.93. The van der Waals surface area contributed by atoms with Crippen LogP contribution in [0, 0.1) is 6.92 Å². The third-order valence-corrected chi connectivity index (χ3v) is 7.76. The molecule has 1 aromatic heterocycles. The van der Waals surface area contributed by atoms with Crippen LogP contribution < -0.4 is 5.32 Å². The van der Waals surface area contributed by atoms with E-state index in [1.54, 1.807) is 52.0 Å². The fourth-order valence-electron chi connectivity index (χ4n) is 3.84. The molecule has 2 aromatic rings. The molecule has 0 spiro atoms. The zero-order valence-electron chi connectivity index (χ0n) is 19.6.